The van der Waals surface area contributed by atoms with Gasteiger partial charge in [0.1, 0.15) is 0 Å². The summed E-state index contributed by atoms with van der Waals surface area (Å²) < 4.78 is 29.3. The van der Waals surface area contributed by atoms with Crippen LogP contribution in [0.4, 0.5) is 0 Å². The molecule has 0 bridgehead atoms. The van der Waals surface area contributed by atoms with Crippen LogP contribution in [0, 0.1) is 0 Å². The number of hydrogen-bond donors (Lipinski definition) is 1. The average Bonchev–Trinajstić information content (AvgIpc) is 2.41. The molecule has 2 N–H and O–H groups in total. The molecule has 1 atom stereocenters. The van der Waals surface area contributed by atoms with Gasteiger partial charge in [0.2, 0.25) is 10.0 Å². The van der Waals surface area contributed by atoms with Crippen LogP contribution in [-0.4, -0.2) is 51.3 Å². The van der Waals surface area contributed by atoms with Gasteiger partial charge in [0.25, 0.3) is 0 Å². The minimum absolute atomic E-state index is 0.197. The molecule has 6 heteroatoms. The van der Waals surface area contributed by atoms with E-state index in [4.69, 9.17) is 10.5 Å². The number of nitrogens with zero attached hydrogens (tertiary/aromatic N) is 1. The van der Waals surface area contributed by atoms with E-state index in [0.29, 0.717) is 26.1 Å². The van der Waals surface area contributed by atoms with Crippen LogP contribution >= 0.6 is 0 Å². The number of hydrogen-bond acceptors (Lipinski definition) is 4. The molecule has 1 rings (SSSR count). The second-order valence-electron chi connectivity index (χ2n) is 3.13. The van der Waals surface area contributed by atoms with Gasteiger partial charge < -0.3 is 10.5 Å². The molecule has 1 saturated heterocycles. The molecule has 13 heavy (non-hydrogen) atoms. The monoisotopic (exact) mass is 208 g/mol. The first-order valence-corrected chi connectivity index (χ1v) is 5.91. The molecule has 1 aliphatic heterocycles. The van der Waals surface area contributed by atoms with Gasteiger partial charge in [0.05, 0.1) is 18.4 Å². The zero-order valence-corrected chi connectivity index (χ0v) is 8.59. The van der Waals surface area contributed by atoms with E-state index in [2.05, 4.69) is 0 Å². The Morgan fingerprint density at radius 1 is 1.62 bits per heavy atom. The molecule has 1 aliphatic rings. The lowest BCUT2D eigenvalue weighted by Gasteiger charge is -2.23. The number of nitrogens with two attached hydrogens (primary N) is 1. The second kappa shape index (κ2) is 4.36. The molecule has 78 valence electrons. The molecule has 5 nitrogen and oxygen atoms in total. The Morgan fingerprint density at radius 2 is 2.31 bits per heavy atom. The van der Waals surface area contributed by atoms with Crippen LogP contribution in [0.3, 0.4) is 0 Å². The summed E-state index contributed by atoms with van der Waals surface area (Å²) in [6.45, 7) is 1.26. The average molecular weight is 208 g/mol. The quantitative estimate of drug-likeness (QED) is 0.643. The normalized spacial score (nSPS) is 24.8. The van der Waals surface area contributed by atoms with Gasteiger partial charge in [-0.15, -0.1) is 0 Å². The van der Waals surface area contributed by atoms with Crippen molar-refractivity contribution in [3.8, 4) is 0 Å². The Labute approximate surface area is 78.9 Å². The first-order chi connectivity index (χ1) is 6.11. The largest absolute Gasteiger partial charge is 0.383 e. The van der Waals surface area contributed by atoms with E-state index in [9.17, 15) is 8.42 Å². The summed E-state index contributed by atoms with van der Waals surface area (Å²) in [6.07, 6.45) is 0.697. The van der Waals surface area contributed by atoms with Crippen molar-refractivity contribution in [1.82, 2.24) is 4.31 Å². The van der Waals surface area contributed by atoms with E-state index in [1.165, 1.54) is 4.31 Å². The molecule has 0 saturated carbocycles. The van der Waals surface area contributed by atoms with Crippen molar-refractivity contribution in [2.45, 2.75) is 12.5 Å². The van der Waals surface area contributed by atoms with Gasteiger partial charge in [-0.1, -0.05) is 0 Å². The van der Waals surface area contributed by atoms with Crippen LogP contribution < -0.4 is 5.73 Å². The van der Waals surface area contributed by atoms with E-state index in [-0.39, 0.29) is 11.8 Å². The molecule has 0 aliphatic carbocycles. The molecule has 1 fully saturated rings. The summed E-state index contributed by atoms with van der Waals surface area (Å²) in [5.74, 6) is 0.243. The van der Waals surface area contributed by atoms with Crippen molar-refractivity contribution in [2.24, 2.45) is 5.73 Å². The summed E-state index contributed by atoms with van der Waals surface area (Å²) in [5.41, 5.74) is 5.47. The lowest BCUT2D eigenvalue weighted by atomic mass is 10.3. The number of ether oxygens (including phenoxy) is 1. The van der Waals surface area contributed by atoms with Crippen molar-refractivity contribution in [3.63, 3.8) is 0 Å². The summed E-state index contributed by atoms with van der Waals surface area (Å²) in [6, 6.07) is -0.197. The maximum atomic E-state index is 11.5. The molecular formula is C7H16N2O3S. The van der Waals surface area contributed by atoms with Crippen molar-refractivity contribution in [1.29, 1.82) is 0 Å². The number of methoxy groups -OCH3 is 1. The lowest BCUT2D eigenvalue weighted by molar-refractivity contribution is 0.139. The highest BCUT2D eigenvalue weighted by Gasteiger charge is 2.33. The Bertz CT molecular complexity index is 252. The topological polar surface area (TPSA) is 72.6 Å². The van der Waals surface area contributed by atoms with Crippen LogP contribution in [0.15, 0.2) is 0 Å². The van der Waals surface area contributed by atoms with E-state index >= 15 is 0 Å². The minimum Gasteiger partial charge on any atom is -0.383 e. The third-order valence-electron chi connectivity index (χ3n) is 2.18. The van der Waals surface area contributed by atoms with Crippen LogP contribution in [0.25, 0.3) is 0 Å². The van der Waals surface area contributed by atoms with Crippen LogP contribution in [0.5, 0.6) is 0 Å². The molecule has 1 unspecified atom stereocenters. The highest BCUT2D eigenvalue weighted by atomic mass is 32.2. The van der Waals surface area contributed by atoms with Crippen molar-refractivity contribution in [2.75, 3.05) is 32.6 Å². The molecular weight excluding hydrogens is 192 g/mol. The van der Waals surface area contributed by atoms with Crippen LogP contribution in [0.2, 0.25) is 0 Å². The van der Waals surface area contributed by atoms with Gasteiger partial charge in [-0.2, -0.15) is 4.31 Å². The fourth-order valence-corrected chi connectivity index (χ4v) is 3.27. The Morgan fingerprint density at radius 3 is 2.69 bits per heavy atom. The zero-order chi connectivity index (χ0) is 9.90. The van der Waals surface area contributed by atoms with Gasteiger partial charge in [-0.05, 0) is 6.42 Å². The van der Waals surface area contributed by atoms with Crippen LogP contribution in [0.1, 0.15) is 6.42 Å². The summed E-state index contributed by atoms with van der Waals surface area (Å²) in [5, 5.41) is 0. The lowest BCUT2D eigenvalue weighted by Crippen LogP contribution is -2.44. The molecule has 0 aromatic carbocycles. The fourth-order valence-electron chi connectivity index (χ4n) is 1.53. The summed E-state index contributed by atoms with van der Waals surface area (Å²) >= 11 is 0. The zero-order valence-electron chi connectivity index (χ0n) is 7.77. The van der Waals surface area contributed by atoms with E-state index in [1.54, 1.807) is 7.11 Å². The van der Waals surface area contributed by atoms with Gasteiger partial charge in [0.15, 0.2) is 0 Å². The van der Waals surface area contributed by atoms with E-state index in [1.807, 2.05) is 0 Å². The molecule has 1 heterocycles. The number of sulfonamides is 1. The van der Waals surface area contributed by atoms with Crippen molar-refractivity contribution >= 4 is 10.0 Å². The third-order valence-corrected chi connectivity index (χ3v) is 4.18. The van der Waals surface area contributed by atoms with Gasteiger partial charge in [-0.25, -0.2) is 8.42 Å². The highest BCUT2D eigenvalue weighted by molar-refractivity contribution is 7.89. The van der Waals surface area contributed by atoms with Crippen molar-refractivity contribution in [3.05, 3.63) is 0 Å². The Balaban J connectivity index is 2.68. The van der Waals surface area contributed by atoms with E-state index < -0.39 is 10.0 Å². The molecule has 0 aromatic heterocycles. The first kappa shape index (κ1) is 10.9. The predicted octanol–water partition coefficient (Wildman–Crippen LogP) is -1.00. The molecule has 0 radical (unpaired) electrons. The number of rotatable bonds is 4. The maximum Gasteiger partial charge on any atom is 0.214 e. The Hall–Kier alpha value is -0.170. The van der Waals surface area contributed by atoms with Gasteiger partial charge in [-0.3, -0.25) is 0 Å². The van der Waals surface area contributed by atoms with Crippen LogP contribution in [-0.2, 0) is 14.8 Å². The first-order valence-electron chi connectivity index (χ1n) is 4.30. The fraction of sp³-hybridized carbons (Fsp3) is 1.00. The second-order valence-corrected chi connectivity index (χ2v) is 5.17. The SMILES string of the molecule is COCC(CN)N1CCCS1(=O)=O. The van der Waals surface area contributed by atoms with Crippen molar-refractivity contribution < 1.29 is 13.2 Å². The standard InChI is InChI=1S/C7H16N2O3S/c1-12-6-7(5-8)9-3-2-4-13(9,10)11/h7H,2-6,8H2,1H3. The highest BCUT2D eigenvalue weighted by Crippen LogP contribution is 2.16. The Kier molecular flexibility index (Phi) is 3.66. The summed E-state index contributed by atoms with van der Waals surface area (Å²) in [4.78, 5) is 0. The molecule has 0 amide bonds. The third kappa shape index (κ3) is 2.40. The van der Waals surface area contributed by atoms with Gasteiger partial charge >= 0.3 is 0 Å². The van der Waals surface area contributed by atoms with Gasteiger partial charge in [0, 0.05) is 20.2 Å². The maximum absolute atomic E-state index is 11.5. The predicted molar refractivity (Wildman–Crippen MR) is 49.8 cm³/mol. The van der Waals surface area contributed by atoms with E-state index in [0.717, 1.165) is 0 Å². The molecule has 0 aromatic rings. The minimum atomic E-state index is -3.05. The summed E-state index contributed by atoms with van der Waals surface area (Å²) in [7, 11) is -1.50. The molecule has 0 spiro atoms. The smallest absolute Gasteiger partial charge is 0.214 e.